The highest BCUT2D eigenvalue weighted by Gasteiger charge is 2.17. The zero-order chi connectivity index (χ0) is 16.1. The summed E-state index contributed by atoms with van der Waals surface area (Å²) in [6, 6.07) is 12.6. The summed E-state index contributed by atoms with van der Waals surface area (Å²) < 4.78 is 13.0. The van der Waals surface area contributed by atoms with E-state index in [0.717, 1.165) is 11.6 Å². The summed E-state index contributed by atoms with van der Waals surface area (Å²) >= 11 is 5.61. The van der Waals surface area contributed by atoms with Crippen molar-refractivity contribution in [3.63, 3.8) is 0 Å². The molecule has 0 spiro atoms. The maximum atomic E-state index is 13.0. The lowest BCUT2D eigenvalue weighted by Crippen LogP contribution is -2.36. The van der Waals surface area contributed by atoms with Crippen molar-refractivity contribution in [2.24, 2.45) is 0 Å². The minimum Gasteiger partial charge on any atom is -0.341 e. The SMILES string of the molecule is C[C@H](NC(=O)C(=O)Nc1ccc(F)c(Cl)c1)c1ccccc1. The average molecular weight is 321 g/mol. The zero-order valence-electron chi connectivity index (χ0n) is 11.8. The van der Waals surface area contributed by atoms with Crippen molar-refractivity contribution in [2.75, 3.05) is 5.32 Å². The molecule has 4 nitrogen and oxygen atoms in total. The molecule has 0 heterocycles. The Bertz CT molecular complexity index is 692. The molecule has 2 aromatic rings. The fourth-order valence-electron chi connectivity index (χ4n) is 1.85. The molecule has 0 unspecified atom stereocenters. The van der Waals surface area contributed by atoms with Crippen molar-refractivity contribution in [3.05, 3.63) is 64.9 Å². The minimum absolute atomic E-state index is 0.129. The number of amides is 2. The molecule has 1 atom stereocenters. The van der Waals surface area contributed by atoms with Gasteiger partial charge >= 0.3 is 11.8 Å². The van der Waals surface area contributed by atoms with Gasteiger partial charge in [0.05, 0.1) is 11.1 Å². The largest absolute Gasteiger partial charge is 0.341 e. The second kappa shape index (κ2) is 7.04. The van der Waals surface area contributed by atoms with Crippen LogP contribution in [-0.4, -0.2) is 11.8 Å². The Kier molecular flexibility index (Phi) is 5.12. The lowest BCUT2D eigenvalue weighted by molar-refractivity contribution is -0.136. The van der Waals surface area contributed by atoms with E-state index in [9.17, 15) is 14.0 Å². The first-order chi connectivity index (χ1) is 10.5. The highest BCUT2D eigenvalue weighted by Crippen LogP contribution is 2.19. The topological polar surface area (TPSA) is 58.2 Å². The molecule has 0 aromatic heterocycles. The van der Waals surface area contributed by atoms with Crippen LogP contribution in [0, 0.1) is 5.82 Å². The molecule has 114 valence electrons. The molecule has 2 N–H and O–H groups in total. The molecular formula is C16H14ClFN2O2. The minimum atomic E-state index is -0.842. The van der Waals surface area contributed by atoms with Crippen molar-refractivity contribution in [1.29, 1.82) is 0 Å². The molecule has 22 heavy (non-hydrogen) atoms. The molecule has 0 fully saturated rings. The quantitative estimate of drug-likeness (QED) is 0.853. The third-order valence-electron chi connectivity index (χ3n) is 3.03. The smallest absolute Gasteiger partial charge is 0.313 e. The van der Waals surface area contributed by atoms with Gasteiger partial charge in [0.25, 0.3) is 0 Å². The first-order valence-electron chi connectivity index (χ1n) is 6.59. The van der Waals surface area contributed by atoms with Gasteiger partial charge in [-0.15, -0.1) is 0 Å². The molecule has 0 bridgehead atoms. The highest BCUT2D eigenvalue weighted by atomic mass is 35.5. The Balaban J connectivity index is 1.97. The van der Waals surface area contributed by atoms with E-state index in [1.807, 2.05) is 30.3 Å². The Hall–Kier alpha value is -2.40. The Morgan fingerprint density at radius 2 is 1.77 bits per heavy atom. The number of hydrogen-bond donors (Lipinski definition) is 2. The van der Waals surface area contributed by atoms with E-state index in [4.69, 9.17) is 11.6 Å². The van der Waals surface area contributed by atoms with Crippen molar-refractivity contribution >= 4 is 29.1 Å². The molecule has 0 radical (unpaired) electrons. The number of nitrogens with one attached hydrogen (secondary N) is 2. The van der Waals surface area contributed by atoms with Gasteiger partial charge in [0, 0.05) is 5.69 Å². The normalized spacial score (nSPS) is 11.6. The molecule has 2 rings (SSSR count). The summed E-state index contributed by atoms with van der Waals surface area (Å²) in [6.45, 7) is 1.77. The third-order valence-corrected chi connectivity index (χ3v) is 3.32. The van der Waals surface area contributed by atoms with Gasteiger partial charge < -0.3 is 10.6 Å². The van der Waals surface area contributed by atoms with E-state index >= 15 is 0 Å². The standard InChI is InChI=1S/C16H14ClFN2O2/c1-10(11-5-3-2-4-6-11)19-15(21)16(22)20-12-7-8-14(18)13(17)9-12/h2-10H,1H3,(H,19,21)(H,20,22)/t10-/m0/s1. The maximum Gasteiger partial charge on any atom is 0.313 e. The van der Waals surface area contributed by atoms with Crippen LogP contribution in [0.15, 0.2) is 48.5 Å². The molecule has 0 saturated heterocycles. The van der Waals surface area contributed by atoms with Crippen LogP contribution < -0.4 is 10.6 Å². The number of rotatable bonds is 3. The van der Waals surface area contributed by atoms with Crippen LogP contribution in [0.4, 0.5) is 10.1 Å². The molecule has 0 saturated carbocycles. The maximum absolute atomic E-state index is 13.0. The molecular weight excluding hydrogens is 307 g/mol. The second-order valence-corrected chi connectivity index (χ2v) is 5.10. The van der Waals surface area contributed by atoms with Crippen LogP contribution in [0.25, 0.3) is 0 Å². The van der Waals surface area contributed by atoms with Gasteiger partial charge in [0.1, 0.15) is 5.82 Å². The van der Waals surface area contributed by atoms with Gasteiger partial charge in [0.15, 0.2) is 0 Å². The van der Waals surface area contributed by atoms with Crippen molar-refractivity contribution in [1.82, 2.24) is 5.32 Å². The number of carbonyl (C=O) groups is 2. The van der Waals surface area contributed by atoms with E-state index in [2.05, 4.69) is 10.6 Å². The van der Waals surface area contributed by atoms with Crippen LogP contribution in [-0.2, 0) is 9.59 Å². The van der Waals surface area contributed by atoms with Crippen LogP contribution in [0.3, 0.4) is 0 Å². The Morgan fingerprint density at radius 1 is 1.09 bits per heavy atom. The van der Waals surface area contributed by atoms with Crippen molar-refractivity contribution in [2.45, 2.75) is 13.0 Å². The van der Waals surface area contributed by atoms with Gasteiger partial charge in [-0.25, -0.2) is 4.39 Å². The number of halogens is 2. The van der Waals surface area contributed by atoms with Crippen molar-refractivity contribution < 1.29 is 14.0 Å². The van der Waals surface area contributed by atoms with Crippen LogP contribution in [0.2, 0.25) is 5.02 Å². The molecule has 2 aromatic carbocycles. The summed E-state index contributed by atoms with van der Waals surface area (Å²) in [7, 11) is 0. The van der Waals surface area contributed by atoms with Gasteiger partial charge in [-0.3, -0.25) is 9.59 Å². The number of benzene rings is 2. The fourth-order valence-corrected chi connectivity index (χ4v) is 2.03. The third kappa shape index (κ3) is 4.05. The van der Waals surface area contributed by atoms with Gasteiger partial charge in [-0.1, -0.05) is 41.9 Å². The van der Waals surface area contributed by atoms with Gasteiger partial charge in [-0.05, 0) is 30.7 Å². The van der Waals surface area contributed by atoms with Gasteiger partial charge in [-0.2, -0.15) is 0 Å². The number of carbonyl (C=O) groups excluding carboxylic acids is 2. The molecule has 6 heteroatoms. The predicted molar refractivity (Wildman–Crippen MR) is 83.0 cm³/mol. The Morgan fingerprint density at radius 3 is 2.41 bits per heavy atom. The molecule has 0 aliphatic heterocycles. The fraction of sp³-hybridized carbons (Fsp3) is 0.125. The molecule has 0 aliphatic carbocycles. The summed E-state index contributed by atoms with van der Waals surface area (Å²) in [6.07, 6.45) is 0. The first-order valence-corrected chi connectivity index (χ1v) is 6.97. The summed E-state index contributed by atoms with van der Waals surface area (Å²) in [4.78, 5) is 23.7. The van der Waals surface area contributed by atoms with Crippen LogP contribution in [0.1, 0.15) is 18.5 Å². The monoisotopic (exact) mass is 320 g/mol. The molecule has 0 aliphatic rings. The van der Waals surface area contributed by atoms with E-state index in [0.29, 0.717) is 0 Å². The first kappa shape index (κ1) is 16.0. The summed E-state index contributed by atoms with van der Waals surface area (Å²) in [5.41, 5.74) is 1.13. The van der Waals surface area contributed by atoms with Crippen LogP contribution in [0.5, 0.6) is 0 Å². The number of hydrogen-bond acceptors (Lipinski definition) is 2. The van der Waals surface area contributed by atoms with E-state index in [-0.39, 0.29) is 16.8 Å². The average Bonchev–Trinajstić information content (AvgIpc) is 2.51. The molecule has 2 amide bonds. The predicted octanol–water partition coefficient (Wildman–Crippen LogP) is 3.30. The zero-order valence-corrected chi connectivity index (χ0v) is 12.5. The van der Waals surface area contributed by atoms with Crippen molar-refractivity contribution in [3.8, 4) is 0 Å². The lowest BCUT2D eigenvalue weighted by atomic mass is 10.1. The lowest BCUT2D eigenvalue weighted by Gasteiger charge is -2.14. The van der Waals surface area contributed by atoms with Crippen LogP contribution >= 0.6 is 11.6 Å². The number of anilines is 1. The highest BCUT2D eigenvalue weighted by molar-refractivity contribution is 6.40. The summed E-state index contributed by atoms with van der Waals surface area (Å²) in [5, 5.41) is 4.82. The van der Waals surface area contributed by atoms with Gasteiger partial charge in [0.2, 0.25) is 0 Å². The second-order valence-electron chi connectivity index (χ2n) is 4.69. The van der Waals surface area contributed by atoms with E-state index in [1.54, 1.807) is 6.92 Å². The van der Waals surface area contributed by atoms with E-state index < -0.39 is 17.6 Å². The van der Waals surface area contributed by atoms with E-state index in [1.165, 1.54) is 12.1 Å². The summed E-state index contributed by atoms with van der Waals surface area (Å²) in [5.74, 6) is -2.22. The Labute approximate surface area is 132 Å².